The minimum absolute atomic E-state index is 0.0581. The van der Waals surface area contributed by atoms with Crippen molar-refractivity contribution in [3.8, 4) is 22.8 Å². The molecule has 0 aliphatic rings. The molecule has 3 aromatic heterocycles. The maximum atomic E-state index is 12.6. The lowest BCUT2D eigenvalue weighted by Gasteiger charge is -2.18. The van der Waals surface area contributed by atoms with Crippen LogP contribution in [0.5, 0.6) is 0 Å². The summed E-state index contributed by atoms with van der Waals surface area (Å²) >= 11 is 0. The molecule has 4 rings (SSSR count). The van der Waals surface area contributed by atoms with Gasteiger partial charge in [0.25, 0.3) is 0 Å². The molecule has 31 heavy (non-hydrogen) atoms. The lowest BCUT2D eigenvalue weighted by atomic mass is 10.0. The van der Waals surface area contributed by atoms with Gasteiger partial charge in [0.2, 0.25) is 29.3 Å². The van der Waals surface area contributed by atoms with Crippen LogP contribution >= 0.6 is 0 Å². The van der Waals surface area contributed by atoms with Crippen molar-refractivity contribution in [2.75, 3.05) is 0 Å². The normalized spacial score (nSPS) is 12.1. The summed E-state index contributed by atoms with van der Waals surface area (Å²) in [6.45, 7) is 3.96. The lowest BCUT2D eigenvalue weighted by Crippen LogP contribution is -2.32. The summed E-state index contributed by atoms with van der Waals surface area (Å²) in [5, 5.41) is 11.0. The number of carbonyl (C=O) groups is 1. The predicted molar refractivity (Wildman–Crippen MR) is 111 cm³/mol. The zero-order valence-corrected chi connectivity index (χ0v) is 17.2. The highest BCUT2D eigenvalue weighted by Gasteiger charge is 2.25. The summed E-state index contributed by atoms with van der Waals surface area (Å²) in [5.41, 5.74) is 1.66. The summed E-state index contributed by atoms with van der Waals surface area (Å²) in [6.07, 6.45) is 3.86. The fourth-order valence-corrected chi connectivity index (χ4v) is 3.02. The average molecular weight is 418 g/mol. The standard InChI is InChI=1S/C22H22N6O3/c1-14(2)19(22-26-21(28-31-22)16-10-12-23-13-11-16)24-17(29)8-9-18-25-20(27-30-18)15-6-4-3-5-7-15/h3-7,10-14,19H,8-9H2,1-2H3,(H,24,29). The van der Waals surface area contributed by atoms with Gasteiger partial charge in [0.05, 0.1) is 0 Å². The summed E-state index contributed by atoms with van der Waals surface area (Å²) in [4.78, 5) is 25.4. The van der Waals surface area contributed by atoms with Crippen LogP contribution in [-0.4, -0.2) is 31.2 Å². The van der Waals surface area contributed by atoms with Gasteiger partial charge in [0.1, 0.15) is 6.04 Å². The van der Waals surface area contributed by atoms with Gasteiger partial charge >= 0.3 is 0 Å². The molecular formula is C22H22N6O3. The number of aryl methyl sites for hydroxylation is 1. The predicted octanol–water partition coefficient (Wildman–Crippen LogP) is 3.63. The maximum Gasteiger partial charge on any atom is 0.249 e. The quantitative estimate of drug-likeness (QED) is 0.461. The van der Waals surface area contributed by atoms with Gasteiger partial charge in [-0.25, -0.2) is 0 Å². The Morgan fingerprint density at radius 2 is 1.61 bits per heavy atom. The molecule has 0 bridgehead atoms. The molecule has 1 aromatic carbocycles. The Kier molecular flexibility index (Phi) is 6.11. The van der Waals surface area contributed by atoms with Crippen LogP contribution in [0.4, 0.5) is 0 Å². The van der Waals surface area contributed by atoms with E-state index >= 15 is 0 Å². The molecule has 158 valence electrons. The first-order valence-electron chi connectivity index (χ1n) is 10.0. The number of aromatic nitrogens is 5. The molecule has 0 aliphatic heterocycles. The minimum Gasteiger partial charge on any atom is -0.344 e. The second-order valence-electron chi connectivity index (χ2n) is 7.36. The highest BCUT2D eigenvalue weighted by Crippen LogP contribution is 2.23. The Morgan fingerprint density at radius 1 is 0.935 bits per heavy atom. The summed E-state index contributed by atoms with van der Waals surface area (Å²) in [7, 11) is 0. The highest BCUT2D eigenvalue weighted by molar-refractivity contribution is 5.76. The van der Waals surface area contributed by atoms with Gasteiger partial charge in [-0.05, 0) is 18.1 Å². The van der Waals surface area contributed by atoms with Crippen molar-refractivity contribution < 1.29 is 13.8 Å². The van der Waals surface area contributed by atoms with E-state index in [1.54, 1.807) is 24.5 Å². The van der Waals surface area contributed by atoms with Crippen LogP contribution < -0.4 is 5.32 Å². The third-order valence-corrected chi connectivity index (χ3v) is 4.70. The summed E-state index contributed by atoms with van der Waals surface area (Å²) in [5.74, 6) is 1.62. The number of benzene rings is 1. The van der Waals surface area contributed by atoms with Crippen LogP contribution in [0.25, 0.3) is 22.8 Å². The Hall–Kier alpha value is -3.88. The topological polar surface area (TPSA) is 120 Å². The number of rotatable bonds is 8. The number of carbonyl (C=O) groups excluding carboxylic acids is 1. The molecule has 0 aliphatic carbocycles. The van der Waals surface area contributed by atoms with E-state index in [1.165, 1.54) is 0 Å². The highest BCUT2D eigenvalue weighted by atomic mass is 16.5. The van der Waals surface area contributed by atoms with E-state index in [-0.39, 0.29) is 18.2 Å². The molecule has 0 radical (unpaired) electrons. The molecular weight excluding hydrogens is 396 g/mol. The minimum atomic E-state index is -0.404. The van der Waals surface area contributed by atoms with Crippen molar-refractivity contribution in [3.63, 3.8) is 0 Å². The van der Waals surface area contributed by atoms with Crippen molar-refractivity contribution in [1.29, 1.82) is 0 Å². The van der Waals surface area contributed by atoms with Gasteiger partial charge in [0, 0.05) is 36.4 Å². The Bertz CT molecular complexity index is 1120. The van der Waals surface area contributed by atoms with Crippen molar-refractivity contribution in [3.05, 3.63) is 66.6 Å². The first-order chi connectivity index (χ1) is 15.1. The zero-order valence-electron chi connectivity index (χ0n) is 17.2. The van der Waals surface area contributed by atoms with E-state index < -0.39 is 6.04 Å². The first-order valence-corrected chi connectivity index (χ1v) is 10.0. The third kappa shape index (κ3) is 5.00. The number of hydrogen-bond donors (Lipinski definition) is 1. The zero-order chi connectivity index (χ0) is 21.6. The molecule has 9 heteroatoms. The van der Waals surface area contributed by atoms with Gasteiger partial charge in [0.15, 0.2) is 0 Å². The van der Waals surface area contributed by atoms with Crippen molar-refractivity contribution in [2.45, 2.75) is 32.7 Å². The average Bonchev–Trinajstić information content (AvgIpc) is 3.47. The number of pyridine rings is 1. The van der Waals surface area contributed by atoms with E-state index in [4.69, 9.17) is 9.05 Å². The maximum absolute atomic E-state index is 12.6. The molecule has 1 unspecified atom stereocenters. The second kappa shape index (κ2) is 9.29. The van der Waals surface area contributed by atoms with Crippen LogP contribution in [0.1, 0.15) is 38.1 Å². The van der Waals surface area contributed by atoms with E-state index in [1.807, 2.05) is 44.2 Å². The molecule has 9 nitrogen and oxygen atoms in total. The number of amides is 1. The van der Waals surface area contributed by atoms with E-state index in [9.17, 15) is 4.79 Å². The Labute approximate surface area is 178 Å². The van der Waals surface area contributed by atoms with Crippen molar-refractivity contribution in [2.24, 2.45) is 5.92 Å². The lowest BCUT2D eigenvalue weighted by molar-refractivity contribution is -0.122. The van der Waals surface area contributed by atoms with Gasteiger partial charge in [-0.3, -0.25) is 9.78 Å². The fourth-order valence-electron chi connectivity index (χ4n) is 3.02. The van der Waals surface area contributed by atoms with E-state index in [2.05, 4.69) is 30.6 Å². The van der Waals surface area contributed by atoms with Crippen molar-refractivity contribution >= 4 is 5.91 Å². The molecule has 3 heterocycles. The van der Waals surface area contributed by atoms with Gasteiger partial charge < -0.3 is 14.4 Å². The molecule has 1 atom stereocenters. The fraction of sp³-hybridized carbons (Fsp3) is 0.273. The number of nitrogens with one attached hydrogen (secondary N) is 1. The van der Waals surface area contributed by atoms with Crippen molar-refractivity contribution in [1.82, 2.24) is 30.6 Å². The van der Waals surface area contributed by atoms with E-state index in [0.717, 1.165) is 11.1 Å². The van der Waals surface area contributed by atoms with Gasteiger partial charge in [-0.1, -0.05) is 54.5 Å². The third-order valence-electron chi connectivity index (χ3n) is 4.70. The van der Waals surface area contributed by atoms with Crippen LogP contribution in [-0.2, 0) is 11.2 Å². The molecule has 0 saturated heterocycles. The van der Waals surface area contributed by atoms with Crippen LogP contribution in [0.3, 0.4) is 0 Å². The van der Waals surface area contributed by atoms with Crippen LogP contribution in [0.15, 0.2) is 63.9 Å². The number of hydrogen-bond acceptors (Lipinski definition) is 8. The molecule has 1 N–H and O–H groups in total. The second-order valence-corrected chi connectivity index (χ2v) is 7.36. The molecule has 4 aromatic rings. The Morgan fingerprint density at radius 3 is 2.35 bits per heavy atom. The SMILES string of the molecule is CC(C)C(NC(=O)CCc1nc(-c2ccccc2)no1)c1nc(-c2ccncc2)no1. The monoisotopic (exact) mass is 418 g/mol. The molecule has 0 saturated carbocycles. The summed E-state index contributed by atoms with van der Waals surface area (Å²) < 4.78 is 10.7. The van der Waals surface area contributed by atoms with Crippen LogP contribution in [0, 0.1) is 5.92 Å². The van der Waals surface area contributed by atoms with Gasteiger partial charge in [-0.15, -0.1) is 0 Å². The molecule has 0 fully saturated rings. The number of nitrogens with zero attached hydrogens (tertiary/aromatic N) is 5. The molecule has 1 amide bonds. The smallest absolute Gasteiger partial charge is 0.249 e. The van der Waals surface area contributed by atoms with Gasteiger partial charge in [-0.2, -0.15) is 9.97 Å². The van der Waals surface area contributed by atoms with E-state index in [0.29, 0.717) is 29.9 Å². The first kappa shape index (κ1) is 20.4. The Balaban J connectivity index is 1.37. The largest absolute Gasteiger partial charge is 0.344 e. The molecule has 0 spiro atoms. The summed E-state index contributed by atoms with van der Waals surface area (Å²) in [6, 6.07) is 12.7. The van der Waals surface area contributed by atoms with Crippen LogP contribution in [0.2, 0.25) is 0 Å².